The van der Waals surface area contributed by atoms with Gasteiger partial charge in [0.2, 0.25) is 11.8 Å². The molecule has 0 aromatic heterocycles. The molecule has 3 aliphatic carbocycles. The summed E-state index contributed by atoms with van der Waals surface area (Å²) >= 11 is 0. The second-order valence-corrected chi connectivity index (χ2v) is 11.7. The van der Waals surface area contributed by atoms with Gasteiger partial charge in [-0.05, 0) is 95.5 Å². The summed E-state index contributed by atoms with van der Waals surface area (Å²) in [5, 5.41) is 0. The molecular formula is C26H42N2O2. The molecule has 4 nitrogen and oxygen atoms in total. The number of carbonyl (C=O) groups excluding carboxylic acids is 2. The molecule has 1 unspecified atom stereocenters. The van der Waals surface area contributed by atoms with Crippen LogP contribution < -0.4 is 0 Å². The fraction of sp³-hybridized carbons (Fsp3) is 0.846. The second-order valence-electron chi connectivity index (χ2n) is 11.7. The van der Waals surface area contributed by atoms with Gasteiger partial charge in [-0.1, -0.05) is 19.9 Å². The van der Waals surface area contributed by atoms with Crippen molar-refractivity contribution in [1.29, 1.82) is 0 Å². The van der Waals surface area contributed by atoms with Crippen LogP contribution in [0.1, 0.15) is 80.1 Å². The van der Waals surface area contributed by atoms with Gasteiger partial charge in [0.1, 0.15) is 0 Å². The first-order valence-electron chi connectivity index (χ1n) is 12.3. The standard InChI is InChI=1S/C26H42N2O2/c1-16(2)28(17(3)4)24(30)21-10-9-19-18-8-11-22-26(6,15-13-23(29)27(22)7)20(18)12-14-25(19,21)5/h13,15-22H,8-12,14H2,1-7H3/t18-,19-,20-,21+,22?,25-,26+/m0/s1. The molecule has 30 heavy (non-hydrogen) atoms. The Bertz CT molecular complexity index is 735. The second kappa shape index (κ2) is 7.38. The van der Waals surface area contributed by atoms with Crippen molar-refractivity contribution in [3.63, 3.8) is 0 Å². The van der Waals surface area contributed by atoms with Crippen LogP contribution >= 0.6 is 0 Å². The molecule has 1 heterocycles. The number of rotatable bonds is 3. The summed E-state index contributed by atoms with van der Waals surface area (Å²) in [5.74, 6) is 2.67. The minimum Gasteiger partial charge on any atom is -0.338 e. The van der Waals surface area contributed by atoms with Crippen molar-refractivity contribution in [2.75, 3.05) is 7.05 Å². The number of fused-ring (bicyclic) bond motifs is 5. The molecule has 0 aromatic carbocycles. The molecule has 0 radical (unpaired) electrons. The highest BCUT2D eigenvalue weighted by Crippen LogP contribution is 2.65. The van der Waals surface area contributed by atoms with Crippen molar-refractivity contribution < 1.29 is 9.59 Å². The van der Waals surface area contributed by atoms with E-state index in [1.165, 1.54) is 19.3 Å². The topological polar surface area (TPSA) is 40.6 Å². The smallest absolute Gasteiger partial charge is 0.246 e. The van der Waals surface area contributed by atoms with Gasteiger partial charge in [0.05, 0.1) is 0 Å². The third-order valence-corrected chi connectivity index (χ3v) is 9.79. The van der Waals surface area contributed by atoms with E-state index >= 15 is 0 Å². The Kier molecular flexibility index (Phi) is 5.38. The van der Waals surface area contributed by atoms with Gasteiger partial charge in [-0.3, -0.25) is 9.59 Å². The van der Waals surface area contributed by atoms with Gasteiger partial charge in [-0.25, -0.2) is 0 Å². The Morgan fingerprint density at radius 1 is 1.03 bits per heavy atom. The summed E-state index contributed by atoms with van der Waals surface area (Å²) < 4.78 is 0. The molecule has 0 N–H and O–H groups in total. The van der Waals surface area contributed by atoms with Crippen molar-refractivity contribution in [2.45, 2.75) is 98.2 Å². The Morgan fingerprint density at radius 2 is 1.70 bits per heavy atom. The van der Waals surface area contributed by atoms with E-state index in [0.29, 0.717) is 29.7 Å². The largest absolute Gasteiger partial charge is 0.338 e. The highest BCUT2D eigenvalue weighted by Gasteiger charge is 2.61. The minimum absolute atomic E-state index is 0.0803. The molecule has 0 spiro atoms. The number of hydrogen-bond acceptors (Lipinski definition) is 2. The van der Waals surface area contributed by atoms with Crippen molar-refractivity contribution in [1.82, 2.24) is 9.80 Å². The molecule has 1 aliphatic heterocycles. The fourth-order valence-electron chi connectivity index (χ4n) is 8.43. The monoisotopic (exact) mass is 414 g/mol. The van der Waals surface area contributed by atoms with Gasteiger partial charge in [-0.15, -0.1) is 0 Å². The van der Waals surface area contributed by atoms with E-state index < -0.39 is 0 Å². The Balaban J connectivity index is 1.61. The lowest BCUT2D eigenvalue weighted by molar-refractivity contribution is -0.150. The Hall–Kier alpha value is -1.32. The quantitative estimate of drug-likeness (QED) is 0.660. The van der Waals surface area contributed by atoms with Crippen LogP contribution in [0.2, 0.25) is 0 Å². The maximum absolute atomic E-state index is 13.7. The van der Waals surface area contributed by atoms with E-state index in [0.717, 1.165) is 19.3 Å². The zero-order valence-corrected chi connectivity index (χ0v) is 20.1. The van der Waals surface area contributed by atoms with Crippen molar-refractivity contribution in [3.8, 4) is 0 Å². The maximum Gasteiger partial charge on any atom is 0.246 e. The molecule has 4 heteroatoms. The zero-order chi connectivity index (χ0) is 22.0. The number of hydrogen-bond donors (Lipinski definition) is 0. The highest BCUT2D eigenvalue weighted by molar-refractivity contribution is 5.89. The first-order chi connectivity index (χ1) is 14.0. The normalized spacial score (nSPS) is 42.9. The van der Waals surface area contributed by atoms with Crippen LogP contribution in [0.3, 0.4) is 0 Å². The van der Waals surface area contributed by atoms with E-state index in [9.17, 15) is 9.59 Å². The number of carbonyl (C=O) groups is 2. The van der Waals surface area contributed by atoms with Crippen LogP contribution in [0, 0.1) is 34.5 Å². The minimum atomic E-state index is 0.0803. The molecule has 2 amide bonds. The van der Waals surface area contributed by atoms with Gasteiger partial charge in [-0.2, -0.15) is 0 Å². The van der Waals surface area contributed by atoms with E-state index in [-0.39, 0.29) is 34.7 Å². The van der Waals surface area contributed by atoms with Gasteiger partial charge in [0.15, 0.2) is 0 Å². The Labute approximate surface area is 183 Å². The van der Waals surface area contributed by atoms with E-state index in [1.54, 1.807) is 0 Å². The summed E-state index contributed by atoms with van der Waals surface area (Å²) in [6.07, 6.45) is 10.9. The van der Waals surface area contributed by atoms with Crippen molar-refractivity contribution >= 4 is 11.8 Å². The average molecular weight is 415 g/mol. The average Bonchev–Trinajstić information content (AvgIpc) is 3.01. The van der Waals surface area contributed by atoms with Crippen LogP contribution in [-0.4, -0.2) is 46.8 Å². The summed E-state index contributed by atoms with van der Waals surface area (Å²) in [5.41, 5.74) is 0.209. The molecule has 3 fully saturated rings. The van der Waals surface area contributed by atoms with E-state index in [2.05, 4.69) is 52.5 Å². The predicted molar refractivity (Wildman–Crippen MR) is 121 cm³/mol. The predicted octanol–water partition coefficient (Wildman–Crippen LogP) is 4.89. The summed E-state index contributed by atoms with van der Waals surface area (Å²) in [6.45, 7) is 13.4. The summed E-state index contributed by atoms with van der Waals surface area (Å²) in [4.78, 5) is 30.1. The molecule has 4 rings (SSSR count). The zero-order valence-electron chi connectivity index (χ0n) is 20.1. The lowest BCUT2D eigenvalue weighted by atomic mass is 9.47. The van der Waals surface area contributed by atoms with Crippen LogP contribution in [0.4, 0.5) is 0 Å². The van der Waals surface area contributed by atoms with E-state index in [1.807, 2.05) is 18.0 Å². The van der Waals surface area contributed by atoms with Gasteiger partial charge in [0.25, 0.3) is 0 Å². The molecule has 168 valence electrons. The van der Waals surface area contributed by atoms with Gasteiger partial charge >= 0.3 is 0 Å². The first kappa shape index (κ1) is 21.9. The third kappa shape index (κ3) is 2.99. The van der Waals surface area contributed by atoms with Crippen molar-refractivity contribution in [3.05, 3.63) is 12.2 Å². The Morgan fingerprint density at radius 3 is 2.33 bits per heavy atom. The van der Waals surface area contributed by atoms with Crippen LogP contribution in [-0.2, 0) is 9.59 Å². The molecule has 3 saturated carbocycles. The summed E-state index contributed by atoms with van der Waals surface area (Å²) in [7, 11) is 1.98. The number of amides is 2. The van der Waals surface area contributed by atoms with Gasteiger partial charge in [0, 0.05) is 36.5 Å². The van der Waals surface area contributed by atoms with Crippen LogP contribution in [0.25, 0.3) is 0 Å². The maximum atomic E-state index is 13.7. The van der Waals surface area contributed by atoms with Crippen LogP contribution in [0.15, 0.2) is 12.2 Å². The third-order valence-electron chi connectivity index (χ3n) is 9.79. The van der Waals surface area contributed by atoms with Gasteiger partial charge < -0.3 is 9.80 Å². The fourth-order valence-corrected chi connectivity index (χ4v) is 8.43. The van der Waals surface area contributed by atoms with Crippen molar-refractivity contribution in [2.24, 2.45) is 34.5 Å². The molecule has 7 atom stereocenters. The van der Waals surface area contributed by atoms with E-state index in [4.69, 9.17) is 0 Å². The first-order valence-corrected chi connectivity index (χ1v) is 12.3. The number of likely N-dealkylation sites (N-methyl/N-ethyl adjacent to an activating group) is 1. The highest BCUT2D eigenvalue weighted by atomic mass is 16.2. The molecular weight excluding hydrogens is 372 g/mol. The summed E-state index contributed by atoms with van der Waals surface area (Å²) in [6, 6.07) is 0.842. The lowest BCUT2D eigenvalue weighted by Crippen LogP contribution is -2.60. The van der Waals surface area contributed by atoms with Crippen LogP contribution in [0.5, 0.6) is 0 Å². The molecule has 0 bridgehead atoms. The SMILES string of the molecule is CC(C)N(C(=O)[C@H]1CC[C@H]2[C@@H]3CCC4N(C)C(=O)C=C[C@]4(C)[C@H]3CC[C@]12C)C(C)C. The molecule has 0 aromatic rings. The number of nitrogens with zero attached hydrogens (tertiary/aromatic N) is 2. The lowest BCUT2D eigenvalue weighted by Gasteiger charge is -2.60. The molecule has 4 aliphatic rings. The molecule has 0 saturated heterocycles.